The SMILES string of the molecule is CC(C)C(NC(=O)C(Cc1ccc(O)cc1)NC(=O)C(CO)NC(=O)C(N)CCCN=C(N)N)C(=O)O. The number of carbonyl (C=O) groups is 4. The van der Waals surface area contributed by atoms with E-state index in [1.807, 2.05) is 0 Å². The number of carboxylic acid groups (broad SMARTS) is 1. The van der Waals surface area contributed by atoms with E-state index in [4.69, 9.17) is 17.2 Å². The average Bonchev–Trinajstić information content (AvgIpc) is 2.83. The highest BCUT2D eigenvalue weighted by atomic mass is 16.4. The van der Waals surface area contributed by atoms with Crippen LogP contribution in [0.2, 0.25) is 0 Å². The Morgan fingerprint density at radius 3 is 2.03 bits per heavy atom. The molecule has 206 valence electrons. The number of aliphatic imine (C=N–C) groups is 1. The third kappa shape index (κ3) is 11.1. The van der Waals surface area contributed by atoms with Crippen molar-refractivity contribution in [3.05, 3.63) is 29.8 Å². The molecule has 0 fully saturated rings. The molecule has 14 heteroatoms. The summed E-state index contributed by atoms with van der Waals surface area (Å²) >= 11 is 0. The number of carbonyl (C=O) groups excluding carboxylic acids is 3. The maximum absolute atomic E-state index is 13.0. The van der Waals surface area contributed by atoms with Crippen LogP contribution in [0.4, 0.5) is 0 Å². The predicted molar refractivity (Wildman–Crippen MR) is 135 cm³/mol. The summed E-state index contributed by atoms with van der Waals surface area (Å²) in [5.41, 5.74) is 16.9. The number of nitrogens with zero attached hydrogens (tertiary/aromatic N) is 1. The molecule has 0 aromatic heterocycles. The summed E-state index contributed by atoms with van der Waals surface area (Å²) in [5, 5.41) is 35.8. The fraction of sp³-hybridized carbons (Fsp3) is 0.522. The largest absolute Gasteiger partial charge is 0.508 e. The number of guanidine groups is 1. The molecular weight excluding hydrogens is 486 g/mol. The van der Waals surface area contributed by atoms with Gasteiger partial charge in [0.25, 0.3) is 0 Å². The molecule has 0 aliphatic carbocycles. The second-order valence-electron chi connectivity index (χ2n) is 8.80. The molecule has 0 radical (unpaired) electrons. The highest BCUT2D eigenvalue weighted by Gasteiger charge is 2.31. The first-order valence-corrected chi connectivity index (χ1v) is 11.7. The lowest BCUT2D eigenvalue weighted by molar-refractivity contribution is -0.143. The summed E-state index contributed by atoms with van der Waals surface area (Å²) in [4.78, 5) is 53.6. The number of phenolic OH excluding ortho intramolecular Hbond substituents is 1. The number of aliphatic hydroxyl groups excluding tert-OH is 1. The molecule has 0 bridgehead atoms. The molecule has 4 unspecified atom stereocenters. The number of aromatic hydroxyl groups is 1. The Hall–Kier alpha value is -3.91. The van der Waals surface area contributed by atoms with Crippen LogP contribution >= 0.6 is 0 Å². The van der Waals surface area contributed by atoms with Crippen LogP contribution in [0.5, 0.6) is 5.75 Å². The highest BCUT2D eigenvalue weighted by molar-refractivity contribution is 5.94. The highest BCUT2D eigenvalue weighted by Crippen LogP contribution is 2.12. The number of hydrogen-bond donors (Lipinski definition) is 9. The summed E-state index contributed by atoms with van der Waals surface area (Å²) in [6, 6.07) is 0.962. The monoisotopic (exact) mass is 523 g/mol. The second-order valence-corrected chi connectivity index (χ2v) is 8.80. The molecule has 37 heavy (non-hydrogen) atoms. The van der Waals surface area contributed by atoms with E-state index < -0.39 is 60.4 Å². The maximum Gasteiger partial charge on any atom is 0.326 e. The number of carboxylic acids is 1. The smallest absolute Gasteiger partial charge is 0.326 e. The van der Waals surface area contributed by atoms with Crippen molar-refractivity contribution in [2.24, 2.45) is 28.1 Å². The molecule has 1 aromatic carbocycles. The third-order valence-corrected chi connectivity index (χ3v) is 5.36. The summed E-state index contributed by atoms with van der Waals surface area (Å²) in [7, 11) is 0. The van der Waals surface area contributed by atoms with Crippen molar-refractivity contribution in [2.45, 2.75) is 57.3 Å². The topological polar surface area (TPSA) is 255 Å². The Bertz CT molecular complexity index is 949. The Balaban J connectivity index is 2.95. The number of rotatable bonds is 15. The zero-order valence-electron chi connectivity index (χ0n) is 20.9. The van der Waals surface area contributed by atoms with E-state index in [9.17, 15) is 34.5 Å². The van der Waals surface area contributed by atoms with Gasteiger partial charge in [-0.1, -0.05) is 26.0 Å². The van der Waals surface area contributed by atoms with Gasteiger partial charge in [-0.15, -0.1) is 0 Å². The third-order valence-electron chi connectivity index (χ3n) is 5.36. The molecule has 14 nitrogen and oxygen atoms in total. The standard InChI is InChI=1S/C23H37N7O7/c1-12(2)18(22(36)37)30-20(34)16(10-13-5-7-14(32)8-6-13)28-21(35)17(11-31)29-19(33)15(24)4-3-9-27-23(25)26/h5-8,12,15-18,31-32H,3-4,9-11,24H2,1-2H3,(H,28,35)(H,29,33)(H,30,34)(H,36,37)(H4,25,26,27). The van der Waals surface area contributed by atoms with Crippen LogP contribution in [0.15, 0.2) is 29.3 Å². The molecule has 1 rings (SSSR count). The minimum Gasteiger partial charge on any atom is -0.508 e. The van der Waals surface area contributed by atoms with E-state index in [-0.39, 0.29) is 31.1 Å². The van der Waals surface area contributed by atoms with Crippen LogP contribution in [-0.4, -0.2) is 82.3 Å². The molecular formula is C23H37N7O7. The zero-order valence-corrected chi connectivity index (χ0v) is 20.9. The number of aliphatic carboxylic acids is 1. The van der Waals surface area contributed by atoms with Crippen LogP contribution < -0.4 is 33.2 Å². The quantitative estimate of drug-likeness (QED) is 0.0663. The molecule has 0 aliphatic rings. The van der Waals surface area contributed by atoms with E-state index >= 15 is 0 Å². The predicted octanol–water partition coefficient (Wildman–Crippen LogP) is -2.50. The summed E-state index contributed by atoms with van der Waals surface area (Å²) < 4.78 is 0. The van der Waals surface area contributed by atoms with Gasteiger partial charge in [0.15, 0.2) is 5.96 Å². The van der Waals surface area contributed by atoms with E-state index in [2.05, 4.69) is 20.9 Å². The van der Waals surface area contributed by atoms with Gasteiger partial charge in [0, 0.05) is 13.0 Å². The van der Waals surface area contributed by atoms with Gasteiger partial charge in [0.2, 0.25) is 17.7 Å². The van der Waals surface area contributed by atoms with Crippen LogP contribution in [0.3, 0.4) is 0 Å². The maximum atomic E-state index is 13.0. The van der Waals surface area contributed by atoms with Crippen LogP contribution in [0.1, 0.15) is 32.3 Å². The number of aliphatic hydroxyl groups is 1. The van der Waals surface area contributed by atoms with Crippen molar-refractivity contribution < 1.29 is 34.5 Å². The number of nitrogens with two attached hydrogens (primary N) is 3. The molecule has 0 heterocycles. The second kappa shape index (κ2) is 15.3. The van der Waals surface area contributed by atoms with Crippen LogP contribution in [-0.2, 0) is 25.6 Å². The van der Waals surface area contributed by atoms with Crippen molar-refractivity contribution >= 4 is 29.7 Å². The number of benzene rings is 1. The van der Waals surface area contributed by atoms with Gasteiger partial charge < -0.3 is 48.5 Å². The van der Waals surface area contributed by atoms with Crippen molar-refractivity contribution in [3.63, 3.8) is 0 Å². The fourth-order valence-electron chi connectivity index (χ4n) is 3.24. The zero-order chi connectivity index (χ0) is 28.1. The van der Waals surface area contributed by atoms with Gasteiger partial charge in [0.05, 0.1) is 12.6 Å². The van der Waals surface area contributed by atoms with Gasteiger partial charge in [-0.2, -0.15) is 0 Å². The molecule has 4 atom stereocenters. The number of phenols is 1. The summed E-state index contributed by atoms with van der Waals surface area (Å²) in [6.07, 6.45) is 0.552. The van der Waals surface area contributed by atoms with Crippen LogP contribution in [0.25, 0.3) is 0 Å². The van der Waals surface area contributed by atoms with Gasteiger partial charge in [-0.25, -0.2) is 4.79 Å². The normalized spacial score (nSPS) is 14.1. The molecule has 12 N–H and O–H groups in total. The molecule has 3 amide bonds. The number of amides is 3. The van der Waals surface area contributed by atoms with Crippen molar-refractivity contribution in [3.8, 4) is 5.75 Å². The van der Waals surface area contributed by atoms with Crippen molar-refractivity contribution in [1.82, 2.24) is 16.0 Å². The summed E-state index contributed by atoms with van der Waals surface area (Å²) in [5.74, 6) is -4.14. The molecule has 0 saturated carbocycles. The minimum absolute atomic E-state index is 0.00256. The Morgan fingerprint density at radius 1 is 0.946 bits per heavy atom. The summed E-state index contributed by atoms with van der Waals surface area (Å²) in [6.45, 7) is 2.71. The Kier molecular flexibility index (Phi) is 12.8. The average molecular weight is 524 g/mol. The first-order chi connectivity index (χ1) is 17.3. The van der Waals surface area contributed by atoms with Gasteiger partial charge in [-0.05, 0) is 36.5 Å². The van der Waals surface area contributed by atoms with E-state index in [0.29, 0.717) is 12.0 Å². The first-order valence-electron chi connectivity index (χ1n) is 11.7. The first kappa shape index (κ1) is 31.1. The van der Waals surface area contributed by atoms with E-state index in [0.717, 1.165) is 0 Å². The van der Waals surface area contributed by atoms with Crippen molar-refractivity contribution in [2.75, 3.05) is 13.2 Å². The Labute approximate surface area is 214 Å². The lowest BCUT2D eigenvalue weighted by Gasteiger charge is -2.25. The van der Waals surface area contributed by atoms with Gasteiger partial charge in [-0.3, -0.25) is 19.4 Å². The molecule has 0 spiro atoms. The molecule has 0 aliphatic heterocycles. The lowest BCUT2D eigenvalue weighted by atomic mass is 10.0. The van der Waals surface area contributed by atoms with Crippen LogP contribution in [0, 0.1) is 5.92 Å². The van der Waals surface area contributed by atoms with Crippen molar-refractivity contribution in [1.29, 1.82) is 0 Å². The molecule has 1 aromatic rings. The van der Waals surface area contributed by atoms with Gasteiger partial charge >= 0.3 is 5.97 Å². The number of nitrogens with one attached hydrogen (secondary N) is 3. The van der Waals surface area contributed by atoms with E-state index in [1.54, 1.807) is 13.8 Å². The van der Waals surface area contributed by atoms with E-state index in [1.165, 1.54) is 24.3 Å². The molecule has 0 saturated heterocycles. The fourth-order valence-corrected chi connectivity index (χ4v) is 3.24. The van der Waals surface area contributed by atoms with Gasteiger partial charge in [0.1, 0.15) is 23.9 Å². The Morgan fingerprint density at radius 2 is 1.51 bits per heavy atom. The number of hydrogen-bond acceptors (Lipinski definition) is 8. The lowest BCUT2D eigenvalue weighted by Crippen LogP contribution is -2.59. The minimum atomic E-state index is -1.42.